The number of carbonyl (C=O) groups is 2. The van der Waals surface area contributed by atoms with E-state index in [1.54, 1.807) is 13.8 Å². The van der Waals surface area contributed by atoms with E-state index in [0.29, 0.717) is 13.0 Å². The van der Waals surface area contributed by atoms with Crippen molar-refractivity contribution in [2.24, 2.45) is 5.92 Å². The molecule has 0 aromatic rings. The van der Waals surface area contributed by atoms with E-state index < -0.39 is 0 Å². The monoisotopic (exact) mass is 218 g/mol. The minimum atomic E-state index is -0.123. The molecule has 0 heterocycles. The number of hydrogen-bond acceptors (Lipinski definition) is 4. The van der Waals surface area contributed by atoms with Crippen LogP contribution >= 0.6 is 0 Å². The molecule has 15 heavy (non-hydrogen) atoms. The third kappa shape index (κ3) is 10.9. The standard InChI is InChI=1S/C6H12O2.C5H10O2/c1-4-5(2)6(7)8-3;1-3-5(6)7-4-2/h5H,4H2,1-3H3;3-4H2,1-2H3. The molecule has 1 atom stereocenters. The lowest BCUT2D eigenvalue weighted by atomic mass is 10.1. The van der Waals surface area contributed by atoms with Gasteiger partial charge in [0.05, 0.1) is 19.6 Å². The molecule has 0 amide bonds. The summed E-state index contributed by atoms with van der Waals surface area (Å²) in [4.78, 5) is 20.7. The Labute approximate surface area is 91.9 Å². The molecular weight excluding hydrogens is 196 g/mol. The van der Waals surface area contributed by atoms with Crippen molar-refractivity contribution < 1.29 is 19.1 Å². The topological polar surface area (TPSA) is 52.6 Å². The van der Waals surface area contributed by atoms with Gasteiger partial charge in [-0.1, -0.05) is 20.8 Å². The molecule has 0 N–H and O–H groups in total. The largest absolute Gasteiger partial charge is 0.469 e. The minimum Gasteiger partial charge on any atom is -0.469 e. The van der Waals surface area contributed by atoms with Crippen molar-refractivity contribution >= 4 is 11.9 Å². The van der Waals surface area contributed by atoms with Gasteiger partial charge in [-0.3, -0.25) is 9.59 Å². The molecule has 0 fully saturated rings. The van der Waals surface area contributed by atoms with E-state index in [4.69, 9.17) is 0 Å². The van der Waals surface area contributed by atoms with Gasteiger partial charge in [-0.25, -0.2) is 0 Å². The predicted octanol–water partition coefficient (Wildman–Crippen LogP) is 2.17. The van der Waals surface area contributed by atoms with E-state index in [9.17, 15) is 9.59 Å². The Morgan fingerprint density at radius 1 is 1.20 bits per heavy atom. The molecule has 0 aliphatic heterocycles. The molecule has 0 radical (unpaired) electrons. The summed E-state index contributed by atoms with van der Waals surface area (Å²) in [6.07, 6.45) is 1.33. The van der Waals surface area contributed by atoms with Crippen molar-refractivity contribution in [2.75, 3.05) is 13.7 Å². The summed E-state index contributed by atoms with van der Waals surface area (Å²) in [7, 11) is 1.41. The van der Waals surface area contributed by atoms with Gasteiger partial charge in [0.1, 0.15) is 0 Å². The maximum atomic E-state index is 10.5. The molecule has 0 saturated carbocycles. The minimum absolute atomic E-state index is 0.0556. The smallest absolute Gasteiger partial charge is 0.308 e. The lowest BCUT2D eigenvalue weighted by Gasteiger charge is -2.02. The fourth-order valence-corrected chi connectivity index (χ4v) is 0.631. The van der Waals surface area contributed by atoms with Crippen LogP contribution in [0.25, 0.3) is 0 Å². The summed E-state index contributed by atoms with van der Waals surface area (Å²) >= 11 is 0. The molecule has 1 unspecified atom stereocenters. The Bertz CT molecular complexity index is 177. The average molecular weight is 218 g/mol. The van der Waals surface area contributed by atoms with E-state index in [1.165, 1.54) is 7.11 Å². The quantitative estimate of drug-likeness (QED) is 0.678. The Morgan fingerprint density at radius 2 is 1.73 bits per heavy atom. The van der Waals surface area contributed by atoms with E-state index in [0.717, 1.165) is 6.42 Å². The van der Waals surface area contributed by atoms with Crippen LogP contribution in [0.3, 0.4) is 0 Å². The number of methoxy groups -OCH3 is 1. The van der Waals surface area contributed by atoms with Gasteiger partial charge in [-0.15, -0.1) is 0 Å². The highest BCUT2D eigenvalue weighted by molar-refractivity contribution is 5.71. The van der Waals surface area contributed by atoms with Crippen LogP contribution in [0, 0.1) is 5.92 Å². The molecule has 90 valence electrons. The fraction of sp³-hybridized carbons (Fsp3) is 0.818. The van der Waals surface area contributed by atoms with Gasteiger partial charge in [0.2, 0.25) is 0 Å². The lowest BCUT2D eigenvalue weighted by Crippen LogP contribution is -2.10. The molecule has 0 aromatic carbocycles. The first-order valence-corrected chi connectivity index (χ1v) is 5.26. The van der Waals surface area contributed by atoms with Crippen LogP contribution < -0.4 is 0 Å². The molecule has 0 bridgehead atoms. The van der Waals surface area contributed by atoms with Gasteiger partial charge >= 0.3 is 11.9 Å². The van der Waals surface area contributed by atoms with Crippen molar-refractivity contribution in [3.05, 3.63) is 0 Å². The summed E-state index contributed by atoms with van der Waals surface area (Å²) in [6, 6.07) is 0. The van der Waals surface area contributed by atoms with Gasteiger partial charge in [-0.05, 0) is 13.3 Å². The molecule has 4 nitrogen and oxygen atoms in total. The molecule has 4 heteroatoms. The average Bonchev–Trinajstić information content (AvgIpc) is 2.27. The highest BCUT2D eigenvalue weighted by Gasteiger charge is 2.08. The number of carbonyl (C=O) groups excluding carboxylic acids is 2. The van der Waals surface area contributed by atoms with Gasteiger partial charge < -0.3 is 9.47 Å². The zero-order chi connectivity index (χ0) is 12.3. The Balaban J connectivity index is 0. The lowest BCUT2D eigenvalue weighted by molar-refractivity contribution is -0.145. The van der Waals surface area contributed by atoms with E-state index in [2.05, 4.69) is 9.47 Å². The van der Waals surface area contributed by atoms with Crippen molar-refractivity contribution in [1.29, 1.82) is 0 Å². The van der Waals surface area contributed by atoms with Gasteiger partial charge in [0.25, 0.3) is 0 Å². The Morgan fingerprint density at radius 3 is 1.87 bits per heavy atom. The van der Waals surface area contributed by atoms with Crippen LogP contribution in [0.4, 0.5) is 0 Å². The number of rotatable bonds is 4. The summed E-state index contributed by atoms with van der Waals surface area (Å²) < 4.78 is 9.02. The summed E-state index contributed by atoms with van der Waals surface area (Å²) in [5.74, 6) is -0.185. The van der Waals surface area contributed by atoms with Crippen LogP contribution in [0.5, 0.6) is 0 Å². The molecule has 0 aliphatic carbocycles. The Hall–Kier alpha value is -1.06. The fourth-order valence-electron chi connectivity index (χ4n) is 0.631. The van der Waals surface area contributed by atoms with E-state index in [1.807, 2.05) is 13.8 Å². The normalized spacial score (nSPS) is 10.7. The van der Waals surface area contributed by atoms with Crippen LogP contribution in [0.15, 0.2) is 0 Å². The van der Waals surface area contributed by atoms with Crippen molar-refractivity contribution in [2.45, 2.75) is 40.5 Å². The number of ether oxygens (including phenoxy) is 2. The van der Waals surface area contributed by atoms with E-state index in [-0.39, 0.29) is 17.9 Å². The van der Waals surface area contributed by atoms with Gasteiger partial charge in [0.15, 0.2) is 0 Å². The summed E-state index contributed by atoms with van der Waals surface area (Å²) in [6.45, 7) is 7.88. The van der Waals surface area contributed by atoms with Crippen LogP contribution in [0.1, 0.15) is 40.5 Å². The van der Waals surface area contributed by atoms with Crippen molar-refractivity contribution in [3.8, 4) is 0 Å². The van der Waals surface area contributed by atoms with Crippen LogP contribution in [-0.4, -0.2) is 25.7 Å². The number of hydrogen-bond donors (Lipinski definition) is 0. The molecular formula is C11H22O4. The second kappa shape index (κ2) is 11.0. The maximum absolute atomic E-state index is 10.5. The Kier molecular flexibility index (Phi) is 12.0. The summed E-state index contributed by atoms with van der Waals surface area (Å²) in [5, 5.41) is 0. The second-order valence-electron chi connectivity index (χ2n) is 2.99. The zero-order valence-electron chi connectivity index (χ0n) is 10.3. The second-order valence-corrected chi connectivity index (χ2v) is 2.99. The first-order chi connectivity index (χ1) is 7.03. The van der Waals surface area contributed by atoms with Crippen molar-refractivity contribution in [3.63, 3.8) is 0 Å². The first kappa shape index (κ1) is 16.4. The SMILES string of the molecule is CCC(C)C(=O)OC.CCOC(=O)CC. The van der Waals surface area contributed by atoms with Gasteiger partial charge in [-0.2, -0.15) is 0 Å². The molecule has 0 aromatic heterocycles. The molecule has 0 aliphatic rings. The summed E-state index contributed by atoms with van der Waals surface area (Å²) in [5.41, 5.74) is 0. The highest BCUT2D eigenvalue weighted by Crippen LogP contribution is 2.00. The third-order valence-corrected chi connectivity index (χ3v) is 1.81. The molecule has 0 spiro atoms. The predicted molar refractivity (Wildman–Crippen MR) is 58.4 cm³/mol. The third-order valence-electron chi connectivity index (χ3n) is 1.81. The zero-order valence-corrected chi connectivity index (χ0v) is 10.3. The molecule has 0 rings (SSSR count). The van der Waals surface area contributed by atoms with Gasteiger partial charge in [0, 0.05) is 6.42 Å². The van der Waals surface area contributed by atoms with Crippen molar-refractivity contribution in [1.82, 2.24) is 0 Å². The highest BCUT2D eigenvalue weighted by atomic mass is 16.5. The maximum Gasteiger partial charge on any atom is 0.308 e. The van der Waals surface area contributed by atoms with Crippen LogP contribution in [-0.2, 0) is 19.1 Å². The number of esters is 2. The van der Waals surface area contributed by atoms with E-state index >= 15 is 0 Å². The molecule has 0 saturated heterocycles. The van der Waals surface area contributed by atoms with Crippen LogP contribution in [0.2, 0.25) is 0 Å². The first-order valence-electron chi connectivity index (χ1n) is 5.26.